The van der Waals surface area contributed by atoms with Gasteiger partial charge in [0.15, 0.2) is 0 Å². The van der Waals surface area contributed by atoms with Crippen molar-refractivity contribution in [3.63, 3.8) is 0 Å². The smallest absolute Gasteiger partial charge is 0.228 e. The summed E-state index contributed by atoms with van der Waals surface area (Å²) in [6, 6.07) is 9.75. The first-order chi connectivity index (χ1) is 9.31. The second-order valence-corrected chi connectivity index (χ2v) is 4.86. The molecule has 2 rings (SSSR count). The highest BCUT2D eigenvalue weighted by molar-refractivity contribution is 5.80. The number of hydrogen-bond donors (Lipinski definition) is 1. The molecule has 104 valence electrons. The highest BCUT2D eigenvalue weighted by Crippen LogP contribution is 2.17. The maximum Gasteiger partial charge on any atom is 0.228 e. The molecule has 0 bridgehead atoms. The van der Waals surface area contributed by atoms with E-state index in [1.807, 2.05) is 35.2 Å². The summed E-state index contributed by atoms with van der Waals surface area (Å²) in [7, 11) is 0. The van der Waals surface area contributed by atoms with Gasteiger partial charge in [-0.05, 0) is 31.4 Å². The van der Waals surface area contributed by atoms with Crippen LogP contribution < -0.4 is 4.74 Å². The zero-order valence-electron chi connectivity index (χ0n) is 11.1. The number of ether oxygens (including phenoxy) is 1. The molecule has 1 fully saturated rings. The van der Waals surface area contributed by atoms with Crippen LogP contribution in [0.3, 0.4) is 0 Å². The van der Waals surface area contributed by atoms with Crippen LogP contribution in [-0.4, -0.2) is 42.2 Å². The minimum atomic E-state index is -0.166. The van der Waals surface area contributed by atoms with Crippen LogP contribution in [0, 0.1) is 5.92 Å². The molecule has 1 atom stereocenters. The highest BCUT2D eigenvalue weighted by atomic mass is 16.5. The van der Waals surface area contributed by atoms with E-state index in [4.69, 9.17) is 9.84 Å². The number of aliphatic hydroxyl groups excluding tert-OH is 1. The summed E-state index contributed by atoms with van der Waals surface area (Å²) in [5, 5.41) is 9.02. The van der Waals surface area contributed by atoms with E-state index in [1.54, 1.807) is 0 Å². The second kappa shape index (κ2) is 7.14. The Morgan fingerprint density at radius 1 is 1.26 bits per heavy atom. The van der Waals surface area contributed by atoms with Crippen LogP contribution in [0.1, 0.15) is 19.3 Å². The molecule has 1 aromatic rings. The monoisotopic (exact) mass is 263 g/mol. The Bertz CT molecular complexity index is 394. The summed E-state index contributed by atoms with van der Waals surface area (Å²) in [5.74, 6) is 0.826. The number of aliphatic hydroxyl groups is 1. The SMILES string of the molecule is O=C1C(CO)CCN1CCCCOc1ccccc1. The van der Waals surface area contributed by atoms with Crippen molar-refractivity contribution >= 4 is 5.91 Å². The Kier molecular flexibility index (Phi) is 5.21. The third-order valence-electron chi connectivity index (χ3n) is 3.46. The molecule has 1 N–H and O–H groups in total. The summed E-state index contributed by atoms with van der Waals surface area (Å²) >= 11 is 0. The van der Waals surface area contributed by atoms with Gasteiger partial charge in [-0.25, -0.2) is 0 Å². The fourth-order valence-corrected chi connectivity index (χ4v) is 2.31. The third kappa shape index (κ3) is 3.96. The molecule has 0 spiro atoms. The second-order valence-electron chi connectivity index (χ2n) is 4.86. The molecule has 4 heteroatoms. The number of para-hydroxylation sites is 1. The lowest BCUT2D eigenvalue weighted by atomic mass is 10.1. The van der Waals surface area contributed by atoms with Crippen LogP contribution >= 0.6 is 0 Å². The minimum Gasteiger partial charge on any atom is -0.494 e. The summed E-state index contributed by atoms with van der Waals surface area (Å²) in [6.45, 7) is 2.21. The lowest BCUT2D eigenvalue weighted by Crippen LogP contribution is -2.29. The molecule has 0 radical (unpaired) electrons. The average molecular weight is 263 g/mol. The van der Waals surface area contributed by atoms with Crippen molar-refractivity contribution in [1.82, 2.24) is 4.90 Å². The molecule has 1 aliphatic heterocycles. The standard InChI is InChI=1S/C15H21NO3/c17-12-13-8-10-16(15(13)18)9-4-5-11-19-14-6-2-1-3-7-14/h1-3,6-7,13,17H,4-5,8-12H2. The molecule has 1 aliphatic rings. The van der Waals surface area contributed by atoms with Crippen LogP contribution in [0.25, 0.3) is 0 Å². The van der Waals surface area contributed by atoms with Crippen molar-refractivity contribution in [1.29, 1.82) is 0 Å². The number of hydrogen-bond acceptors (Lipinski definition) is 3. The quantitative estimate of drug-likeness (QED) is 0.762. The number of nitrogens with zero attached hydrogens (tertiary/aromatic N) is 1. The van der Waals surface area contributed by atoms with Crippen LogP contribution in [0.5, 0.6) is 5.75 Å². The first-order valence-corrected chi connectivity index (χ1v) is 6.89. The van der Waals surface area contributed by atoms with E-state index in [2.05, 4.69) is 0 Å². The molecule has 1 heterocycles. The summed E-state index contributed by atoms with van der Waals surface area (Å²) < 4.78 is 5.60. The summed E-state index contributed by atoms with van der Waals surface area (Å²) in [6.07, 6.45) is 2.66. The van der Waals surface area contributed by atoms with Gasteiger partial charge in [0.25, 0.3) is 0 Å². The van der Waals surface area contributed by atoms with E-state index in [1.165, 1.54) is 0 Å². The maximum absolute atomic E-state index is 11.8. The number of carbonyl (C=O) groups is 1. The molecule has 0 aromatic heterocycles. The molecule has 4 nitrogen and oxygen atoms in total. The zero-order chi connectivity index (χ0) is 13.5. The van der Waals surface area contributed by atoms with Gasteiger partial charge < -0.3 is 14.7 Å². The van der Waals surface area contributed by atoms with E-state index < -0.39 is 0 Å². The minimum absolute atomic E-state index is 0.0214. The Balaban J connectivity index is 1.59. The van der Waals surface area contributed by atoms with E-state index >= 15 is 0 Å². The van der Waals surface area contributed by atoms with Gasteiger partial charge in [0.1, 0.15) is 5.75 Å². The Hall–Kier alpha value is -1.55. The highest BCUT2D eigenvalue weighted by Gasteiger charge is 2.30. The van der Waals surface area contributed by atoms with Gasteiger partial charge in [-0.2, -0.15) is 0 Å². The molecule has 1 saturated heterocycles. The fourth-order valence-electron chi connectivity index (χ4n) is 2.31. The number of benzene rings is 1. The van der Waals surface area contributed by atoms with Crippen molar-refractivity contribution < 1.29 is 14.6 Å². The molecule has 19 heavy (non-hydrogen) atoms. The van der Waals surface area contributed by atoms with Crippen LogP contribution in [-0.2, 0) is 4.79 Å². The van der Waals surface area contributed by atoms with Gasteiger partial charge >= 0.3 is 0 Å². The van der Waals surface area contributed by atoms with Gasteiger partial charge in [-0.1, -0.05) is 18.2 Å². The molecule has 1 unspecified atom stereocenters. The predicted octanol–water partition coefficient (Wildman–Crippen LogP) is 1.69. The third-order valence-corrected chi connectivity index (χ3v) is 3.46. The first-order valence-electron chi connectivity index (χ1n) is 6.89. The van der Waals surface area contributed by atoms with E-state index in [0.29, 0.717) is 6.61 Å². The fraction of sp³-hybridized carbons (Fsp3) is 0.533. The molecule has 1 aromatic carbocycles. The molecule has 1 amide bonds. The Labute approximate surface area is 114 Å². The van der Waals surface area contributed by atoms with Crippen molar-refractivity contribution in [3.8, 4) is 5.75 Å². The Morgan fingerprint density at radius 3 is 2.74 bits per heavy atom. The van der Waals surface area contributed by atoms with E-state index in [9.17, 15) is 4.79 Å². The van der Waals surface area contributed by atoms with Gasteiger partial charge in [0, 0.05) is 13.1 Å². The van der Waals surface area contributed by atoms with Crippen LogP contribution in [0.15, 0.2) is 30.3 Å². The number of carbonyl (C=O) groups excluding carboxylic acids is 1. The topological polar surface area (TPSA) is 49.8 Å². The largest absolute Gasteiger partial charge is 0.494 e. The summed E-state index contributed by atoms with van der Waals surface area (Å²) in [5.41, 5.74) is 0. The molecule has 0 aliphatic carbocycles. The zero-order valence-corrected chi connectivity index (χ0v) is 11.1. The van der Waals surface area contributed by atoms with Crippen molar-refractivity contribution in [2.24, 2.45) is 5.92 Å². The lowest BCUT2D eigenvalue weighted by Gasteiger charge is -2.16. The summed E-state index contributed by atoms with van der Waals surface area (Å²) in [4.78, 5) is 13.6. The van der Waals surface area contributed by atoms with Gasteiger partial charge in [0.2, 0.25) is 5.91 Å². The van der Waals surface area contributed by atoms with Gasteiger partial charge in [-0.3, -0.25) is 4.79 Å². The van der Waals surface area contributed by atoms with Gasteiger partial charge in [0.05, 0.1) is 19.1 Å². The average Bonchev–Trinajstić information content (AvgIpc) is 2.80. The molecule has 0 saturated carbocycles. The van der Waals surface area contributed by atoms with Crippen LogP contribution in [0.2, 0.25) is 0 Å². The van der Waals surface area contributed by atoms with E-state index in [0.717, 1.165) is 38.1 Å². The van der Waals surface area contributed by atoms with E-state index in [-0.39, 0.29) is 18.4 Å². The normalized spacial score (nSPS) is 18.9. The number of unbranched alkanes of at least 4 members (excludes halogenated alkanes) is 1. The van der Waals surface area contributed by atoms with Crippen molar-refractivity contribution in [2.45, 2.75) is 19.3 Å². The van der Waals surface area contributed by atoms with Gasteiger partial charge in [-0.15, -0.1) is 0 Å². The Morgan fingerprint density at radius 2 is 2.05 bits per heavy atom. The van der Waals surface area contributed by atoms with Crippen molar-refractivity contribution in [2.75, 3.05) is 26.3 Å². The number of amides is 1. The van der Waals surface area contributed by atoms with Crippen LogP contribution in [0.4, 0.5) is 0 Å². The first kappa shape index (κ1) is 13.9. The predicted molar refractivity (Wildman–Crippen MR) is 72.9 cm³/mol. The maximum atomic E-state index is 11.8. The number of likely N-dealkylation sites (tertiary alicyclic amines) is 1. The van der Waals surface area contributed by atoms with Crippen molar-refractivity contribution in [3.05, 3.63) is 30.3 Å². The number of rotatable bonds is 7. The molecular formula is C15H21NO3. The lowest BCUT2D eigenvalue weighted by molar-refractivity contribution is -0.132. The molecular weight excluding hydrogens is 242 g/mol.